The van der Waals surface area contributed by atoms with Gasteiger partial charge in [0, 0.05) is 13.0 Å². The zero-order valence-electron chi connectivity index (χ0n) is 10.4. The van der Waals surface area contributed by atoms with Crippen LogP contribution in [-0.2, 0) is 11.8 Å². The Morgan fingerprint density at radius 2 is 2.22 bits per heavy atom. The van der Waals surface area contributed by atoms with Crippen molar-refractivity contribution < 1.29 is 15.0 Å². The number of rotatable bonds is 4. The second-order valence-corrected chi connectivity index (χ2v) is 4.44. The van der Waals surface area contributed by atoms with Crippen LogP contribution in [0.2, 0.25) is 0 Å². The summed E-state index contributed by atoms with van der Waals surface area (Å²) in [6.45, 7) is 1.74. The number of aryl methyl sites for hydroxylation is 2. The number of hydrogen-bond acceptors (Lipinski definition) is 3. The summed E-state index contributed by atoms with van der Waals surface area (Å²) in [5.74, 6) is -0.388. The van der Waals surface area contributed by atoms with E-state index in [0.29, 0.717) is 0 Å². The molecule has 5 heteroatoms. The molecule has 0 fully saturated rings. The van der Waals surface area contributed by atoms with Crippen LogP contribution < -0.4 is 0 Å². The van der Waals surface area contributed by atoms with Crippen LogP contribution in [0.25, 0.3) is 11.0 Å². The minimum Gasteiger partial charge on any atom is -0.481 e. The first-order valence-corrected chi connectivity index (χ1v) is 5.78. The lowest BCUT2D eigenvalue weighted by Crippen LogP contribution is -2.10. The third kappa shape index (κ3) is 2.22. The van der Waals surface area contributed by atoms with E-state index in [-0.39, 0.29) is 18.9 Å². The smallest absolute Gasteiger partial charge is 0.304 e. The van der Waals surface area contributed by atoms with Gasteiger partial charge in [-0.2, -0.15) is 0 Å². The van der Waals surface area contributed by atoms with Crippen molar-refractivity contribution in [3.05, 3.63) is 29.6 Å². The van der Waals surface area contributed by atoms with Crippen molar-refractivity contribution in [2.45, 2.75) is 19.3 Å². The van der Waals surface area contributed by atoms with Gasteiger partial charge >= 0.3 is 5.97 Å². The van der Waals surface area contributed by atoms with Crippen LogP contribution >= 0.6 is 0 Å². The Hall–Kier alpha value is -1.88. The molecule has 0 aliphatic heterocycles. The van der Waals surface area contributed by atoms with Crippen molar-refractivity contribution in [2.75, 3.05) is 6.61 Å². The highest BCUT2D eigenvalue weighted by atomic mass is 16.4. The first-order valence-electron chi connectivity index (χ1n) is 5.78. The Morgan fingerprint density at radius 1 is 1.50 bits per heavy atom. The molecule has 1 heterocycles. The van der Waals surface area contributed by atoms with Crippen LogP contribution in [-0.4, -0.2) is 32.3 Å². The van der Waals surface area contributed by atoms with E-state index < -0.39 is 5.97 Å². The quantitative estimate of drug-likeness (QED) is 0.858. The predicted octanol–water partition coefficient (Wildman–Crippen LogP) is 1.43. The monoisotopic (exact) mass is 248 g/mol. The van der Waals surface area contributed by atoms with Crippen molar-refractivity contribution in [3.8, 4) is 0 Å². The molecule has 0 amide bonds. The van der Waals surface area contributed by atoms with Crippen LogP contribution in [0, 0.1) is 6.92 Å². The Balaban J connectivity index is 2.42. The van der Waals surface area contributed by atoms with Gasteiger partial charge in [-0.3, -0.25) is 4.79 Å². The van der Waals surface area contributed by atoms with Gasteiger partial charge in [0.25, 0.3) is 0 Å². The molecule has 18 heavy (non-hydrogen) atoms. The van der Waals surface area contributed by atoms with E-state index in [9.17, 15) is 9.90 Å². The number of carbonyl (C=O) groups is 1. The van der Waals surface area contributed by atoms with Gasteiger partial charge in [0.1, 0.15) is 5.82 Å². The van der Waals surface area contributed by atoms with E-state index in [2.05, 4.69) is 4.98 Å². The maximum atomic E-state index is 10.7. The Morgan fingerprint density at radius 3 is 2.83 bits per heavy atom. The fraction of sp³-hybridized carbons (Fsp3) is 0.385. The molecule has 0 radical (unpaired) electrons. The Bertz CT molecular complexity index is 589. The predicted molar refractivity (Wildman–Crippen MR) is 67.5 cm³/mol. The minimum absolute atomic E-state index is 0.0756. The van der Waals surface area contributed by atoms with Gasteiger partial charge in [-0.25, -0.2) is 4.98 Å². The molecule has 0 saturated heterocycles. The van der Waals surface area contributed by atoms with Crippen molar-refractivity contribution in [1.29, 1.82) is 0 Å². The molecule has 0 spiro atoms. The zero-order chi connectivity index (χ0) is 13.3. The van der Waals surface area contributed by atoms with Gasteiger partial charge in [-0.1, -0.05) is 6.07 Å². The van der Waals surface area contributed by atoms with Crippen LogP contribution in [0.1, 0.15) is 23.7 Å². The fourth-order valence-corrected chi connectivity index (χ4v) is 2.09. The van der Waals surface area contributed by atoms with Gasteiger partial charge in [0.2, 0.25) is 0 Å². The number of carboxylic acids is 1. The fourth-order valence-electron chi connectivity index (χ4n) is 2.09. The van der Waals surface area contributed by atoms with Crippen LogP contribution in [0.5, 0.6) is 0 Å². The molecule has 96 valence electrons. The van der Waals surface area contributed by atoms with Crippen molar-refractivity contribution in [1.82, 2.24) is 9.55 Å². The van der Waals surface area contributed by atoms with Gasteiger partial charge in [-0.05, 0) is 24.6 Å². The molecule has 1 atom stereocenters. The average Bonchev–Trinajstić information content (AvgIpc) is 2.61. The highest BCUT2D eigenvalue weighted by molar-refractivity contribution is 5.77. The average molecular weight is 248 g/mol. The number of aromatic nitrogens is 2. The molecule has 0 aliphatic rings. The molecular formula is C13H16N2O3. The maximum absolute atomic E-state index is 10.7. The van der Waals surface area contributed by atoms with E-state index in [1.54, 1.807) is 0 Å². The largest absolute Gasteiger partial charge is 0.481 e. The summed E-state index contributed by atoms with van der Waals surface area (Å²) in [5, 5.41) is 18.1. The van der Waals surface area contributed by atoms with Gasteiger partial charge in [0.15, 0.2) is 0 Å². The van der Waals surface area contributed by atoms with Gasteiger partial charge in [-0.15, -0.1) is 0 Å². The number of aliphatic hydroxyl groups is 1. The Labute approximate surface area is 105 Å². The van der Waals surface area contributed by atoms with E-state index in [0.717, 1.165) is 22.4 Å². The molecule has 2 rings (SSSR count). The molecule has 1 aromatic heterocycles. The third-order valence-electron chi connectivity index (χ3n) is 3.24. The lowest BCUT2D eigenvalue weighted by molar-refractivity contribution is -0.137. The second-order valence-electron chi connectivity index (χ2n) is 4.44. The van der Waals surface area contributed by atoms with Crippen molar-refractivity contribution in [2.24, 2.45) is 7.05 Å². The second kappa shape index (κ2) is 4.78. The van der Waals surface area contributed by atoms with Crippen molar-refractivity contribution in [3.63, 3.8) is 0 Å². The Kier molecular flexibility index (Phi) is 3.34. The lowest BCUT2D eigenvalue weighted by Gasteiger charge is -2.11. The number of hydrogen-bond donors (Lipinski definition) is 2. The molecule has 5 nitrogen and oxygen atoms in total. The highest BCUT2D eigenvalue weighted by Crippen LogP contribution is 2.24. The molecule has 2 N–H and O–H groups in total. The number of aliphatic hydroxyl groups excluding tert-OH is 1. The summed E-state index contributed by atoms with van der Waals surface area (Å²) >= 11 is 0. The van der Waals surface area contributed by atoms with Crippen LogP contribution in [0.4, 0.5) is 0 Å². The van der Waals surface area contributed by atoms with E-state index >= 15 is 0 Å². The first-order chi connectivity index (χ1) is 8.52. The van der Waals surface area contributed by atoms with E-state index in [4.69, 9.17) is 5.11 Å². The summed E-state index contributed by atoms with van der Waals surface area (Å²) < 4.78 is 1.98. The molecular weight excluding hydrogens is 232 g/mol. The molecule has 1 unspecified atom stereocenters. The summed E-state index contributed by atoms with van der Waals surface area (Å²) in [5.41, 5.74) is 2.64. The topological polar surface area (TPSA) is 75.3 Å². The summed E-state index contributed by atoms with van der Waals surface area (Å²) in [6, 6.07) is 5.62. The number of nitrogens with zero attached hydrogens (tertiary/aromatic N) is 2. The van der Waals surface area contributed by atoms with Crippen LogP contribution in [0.15, 0.2) is 18.2 Å². The number of benzene rings is 1. The van der Waals surface area contributed by atoms with E-state index in [1.165, 1.54) is 0 Å². The minimum atomic E-state index is -0.911. The number of carboxylic acid groups (broad SMARTS) is 1. The van der Waals surface area contributed by atoms with E-state index in [1.807, 2.05) is 36.7 Å². The molecule has 0 saturated carbocycles. The standard InChI is InChI=1S/C13H16N2O3/c1-8-14-11-5-9(3-4-12(11)15(8)2)10(7-16)6-13(17)18/h3-5,10,16H,6-7H2,1-2H3,(H,17,18). The molecule has 2 aromatic rings. The van der Waals surface area contributed by atoms with Crippen LogP contribution in [0.3, 0.4) is 0 Å². The van der Waals surface area contributed by atoms with Crippen molar-refractivity contribution >= 4 is 17.0 Å². The highest BCUT2D eigenvalue weighted by Gasteiger charge is 2.16. The van der Waals surface area contributed by atoms with Gasteiger partial charge < -0.3 is 14.8 Å². The first kappa shape index (κ1) is 12.6. The molecule has 1 aromatic carbocycles. The zero-order valence-corrected chi connectivity index (χ0v) is 10.4. The van der Waals surface area contributed by atoms with Gasteiger partial charge in [0.05, 0.1) is 24.1 Å². The SMILES string of the molecule is Cc1nc2cc(C(CO)CC(=O)O)ccc2n1C. The maximum Gasteiger partial charge on any atom is 0.304 e. The number of fused-ring (bicyclic) bond motifs is 1. The number of aliphatic carboxylic acids is 1. The lowest BCUT2D eigenvalue weighted by atomic mass is 9.96. The number of imidazole rings is 1. The third-order valence-corrected chi connectivity index (χ3v) is 3.24. The normalized spacial score (nSPS) is 12.8. The molecule has 0 aliphatic carbocycles. The summed E-state index contributed by atoms with van der Waals surface area (Å²) in [4.78, 5) is 15.1. The summed E-state index contributed by atoms with van der Waals surface area (Å²) in [6.07, 6.45) is -0.0756. The molecule has 0 bridgehead atoms. The summed E-state index contributed by atoms with van der Waals surface area (Å²) in [7, 11) is 1.94.